The predicted molar refractivity (Wildman–Crippen MR) is 94.1 cm³/mol. The van der Waals surface area contributed by atoms with Crippen LogP contribution in [0, 0.1) is 0 Å². The summed E-state index contributed by atoms with van der Waals surface area (Å²) < 4.78 is 21.0. The Morgan fingerprint density at radius 2 is 1.56 bits per heavy atom. The third-order valence-corrected chi connectivity index (χ3v) is 3.81. The molecule has 1 N–H and O–H groups in total. The number of nitrogens with one attached hydrogen (secondary N) is 1. The fourth-order valence-corrected chi connectivity index (χ4v) is 2.54. The average Bonchev–Trinajstić information content (AvgIpc) is 2.67. The lowest BCUT2D eigenvalue weighted by Crippen LogP contribution is -2.29. The standard InChI is InChI=1S/C19H23NO5/c1-22-15-10-14(11-16(23-2)18(15)24-3)17(19(21)25-4)20-12-13-8-6-5-7-9-13/h5-11,17,20H,12H2,1-4H3. The van der Waals surface area contributed by atoms with Crippen molar-refractivity contribution in [2.24, 2.45) is 0 Å². The smallest absolute Gasteiger partial charge is 0.327 e. The molecule has 2 rings (SSSR count). The number of carbonyl (C=O) groups is 1. The fraction of sp³-hybridized carbons (Fsp3) is 0.316. The second kappa shape index (κ2) is 8.94. The van der Waals surface area contributed by atoms with Gasteiger partial charge in [0.05, 0.1) is 28.4 Å². The van der Waals surface area contributed by atoms with Gasteiger partial charge in [-0.05, 0) is 23.3 Å². The van der Waals surface area contributed by atoms with Gasteiger partial charge in [0, 0.05) is 6.54 Å². The number of ether oxygens (including phenoxy) is 4. The predicted octanol–water partition coefficient (Wildman–Crippen LogP) is 2.72. The molecule has 2 aromatic carbocycles. The van der Waals surface area contributed by atoms with Crippen LogP contribution in [0.15, 0.2) is 42.5 Å². The van der Waals surface area contributed by atoms with E-state index in [1.165, 1.54) is 28.4 Å². The van der Waals surface area contributed by atoms with Gasteiger partial charge in [-0.25, -0.2) is 4.79 Å². The first-order valence-corrected chi connectivity index (χ1v) is 7.79. The van der Waals surface area contributed by atoms with Crippen molar-refractivity contribution in [3.05, 3.63) is 53.6 Å². The van der Waals surface area contributed by atoms with Gasteiger partial charge in [0.1, 0.15) is 6.04 Å². The zero-order chi connectivity index (χ0) is 18.2. The number of rotatable bonds is 8. The van der Waals surface area contributed by atoms with E-state index in [1.54, 1.807) is 12.1 Å². The van der Waals surface area contributed by atoms with Crippen LogP contribution in [0.2, 0.25) is 0 Å². The van der Waals surface area contributed by atoms with Crippen molar-refractivity contribution in [1.82, 2.24) is 5.32 Å². The van der Waals surface area contributed by atoms with E-state index in [-0.39, 0.29) is 0 Å². The van der Waals surface area contributed by atoms with Crippen molar-refractivity contribution in [2.45, 2.75) is 12.6 Å². The molecule has 0 amide bonds. The summed E-state index contributed by atoms with van der Waals surface area (Å²) in [5.74, 6) is 1.03. The quantitative estimate of drug-likeness (QED) is 0.742. The van der Waals surface area contributed by atoms with E-state index in [9.17, 15) is 4.79 Å². The van der Waals surface area contributed by atoms with E-state index < -0.39 is 12.0 Å². The van der Waals surface area contributed by atoms with Gasteiger partial charge < -0.3 is 18.9 Å². The maximum absolute atomic E-state index is 12.3. The van der Waals surface area contributed by atoms with Crippen LogP contribution in [-0.4, -0.2) is 34.4 Å². The molecule has 134 valence electrons. The first-order chi connectivity index (χ1) is 12.1. The van der Waals surface area contributed by atoms with Crippen molar-refractivity contribution in [3.63, 3.8) is 0 Å². The molecular weight excluding hydrogens is 322 g/mol. The molecule has 1 unspecified atom stereocenters. The monoisotopic (exact) mass is 345 g/mol. The highest BCUT2D eigenvalue weighted by molar-refractivity contribution is 5.78. The topological polar surface area (TPSA) is 66.0 Å². The minimum absolute atomic E-state index is 0.398. The normalized spacial score (nSPS) is 11.5. The van der Waals surface area contributed by atoms with Gasteiger partial charge >= 0.3 is 5.97 Å². The van der Waals surface area contributed by atoms with Gasteiger partial charge in [-0.1, -0.05) is 30.3 Å². The molecule has 6 nitrogen and oxygen atoms in total. The maximum Gasteiger partial charge on any atom is 0.327 e. The third-order valence-electron chi connectivity index (χ3n) is 3.81. The van der Waals surface area contributed by atoms with E-state index in [2.05, 4.69) is 5.32 Å². The second-order valence-corrected chi connectivity index (χ2v) is 5.28. The molecule has 0 spiro atoms. The Kier molecular flexibility index (Phi) is 6.65. The van der Waals surface area contributed by atoms with Crippen molar-refractivity contribution in [1.29, 1.82) is 0 Å². The molecule has 6 heteroatoms. The zero-order valence-corrected chi connectivity index (χ0v) is 14.9. The van der Waals surface area contributed by atoms with E-state index in [0.717, 1.165) is 5.56 Å². The Morgan fingerprint density at radius 1 is 0.960 bits per heavy atom. The van der Waals surface area contributed by atoms with Gasteiger partial charge in [0.25, 0.3) is 0 Å². The number of methoxy groups -OCH3 is 4. The summed E-state index contributed by atoms with van der Waals surface area (Å²) in [6, 6.07) is 12.6. The summed E-state index contributed by atoms with van der Waals surface area (Å²) in [6.45, 7) is 0.511. The second-order valence-electron chi connectivity index (χ2n) is 5.28. The van der Waals surface area contributed by atoms with E-state index in [4.69, 9.17) is 18.9 Å². The largest absolute Gasteiger partial charge is 0.493 e. The molecule has 0 aliphatic heterocycles. The molecule has 0 saturated carbocycles. The molecule has 0 aliphatic rings. The van der Waals surface area contributed by atoms with E-state index in [0.29, 0.717) is 29.4 Å². The SMILES string of the molecule is COC(=O)C(NCc1ccccc1)c1cc(OC)c(OC)c(OC)c1. The highest BCUT2D eigenvalue weighted by atomic mass is 16.5. The first kappa shape index (κ1) is 18.6. The van der Waals surface area contributed by atoms with Crippen molar-refractivity contribution in [3.8, 4) is 17.2 Å². The van der Waals surface area contributed by atoms with Gasteiger partial charge in [-0.15, -0.1) is 0 Å². The molecule has 0 aliphatic carbocycles. The lowest BCUT2D eigenvalue weighted by molar-refractivity contribution is -0.143. The molecule has 0 saturated heterocycles. The molecule has 2 aromatic rings. The van der Waals surface area contributed by atoms with Gasteiger partial charge in [-0.3, -0.25) is 5.32 Å². The lowest BCUT2D eigenvalue weighted by Gasteiger charge is -2.20. The molecule has 0 heterocycles. The van der Waals surface area contributed by atoms with Gasteiger partial charge in [-0.2, -0.15) is 0 Å². The van der Waals surface area contributed by atoms with Crippen LogP contribution >= 0.6 is 0 Å². The summed E-state index contributed by atoms with van der Waals surface area (Å²) >= 11 is 0. The Bertz CT molecular complexity index is 677. The summed E-state index contributed by atoms with van der Waals surface area (Å²) in [5.41, 5.74) is 1.72. The molecular formula is C19H23NO5. The highest BCUT2D eigenvalue weighted by Crippen LogP contribution is 2.39. The van der Waals surface area contributed by atoms with Gasteiger partial charge in [0.2, 0.25) is 5.75 Å². The van der Waals surface area contributed by atoms with Crippen LogP contribution in [-0.2, 0) is 16.1 Å². The number of hydrogen-bond donors (Lipinski definition) is 1. The molecule has 0 aromatic heterocycles. The van der Waals surface area contributed by atoms with Crippen LogP contribution < -0.4 is 19.5 Å². The molecule has 1 atom stereocenters. The van der Waals surface area contributed by atoms with Crippen LogP contribution in [0.25, 0.3) is 0 Å². The number of carbonyl (C=O) groups excluding carboxylic acids is 1. The number of hydrogen-bond acceptors (Lipinski definition) is 6. The minimum atomic E-state index is -0.668. The Labute approximate surface area is 147 Å². The fourth-order valence-electron chi connectivity index (χ4n) is 2.54. The summed E-state index contributed by atoms with van der Waals surface area (Å²) in [4.78, 5) is 12.3. The Hall–Kier alpha value is -2.73. The van der Waals surface area contributed by atoms with Crippen molar-refractivity contribution < 1.29 is 23.7 Å². The zero-order valence-electron chi connectivity index (χ0n) is 14.9. The van der Waals surface area contributed by atoms with E-state index >= 15 is 0 Å². The maximum atomic E-state index is 12.3. The molecule has 25 heavy (non-hydrogen) atoms. The molecule has 0 fully saturated rings. The van der Waals surface area contributed by atoms with Crippen LogP contribution in [0.4, 0.5) is 0 Å². The number of benzene rings is 2. The highest BCUT2D eigenvalue weighted by Gasteiger charge is 2.24. The summed E-state index contributed by atoms with van der Waals surface area (Å²) in [6.07, 6.45) is 0. The lowest BCUT2D eigenvalue weighted by atomic mass is 10.0. The van der Waals surface area contributed by atoms with Crippen molar-refractivity contribution >= 4 is 5.97 Å². The van der Waals surface area contributed by atoms with Crippen molar-refractivity contribution in [2.75, 3.05) is 28.4 Å². The molecule has 0 bridgehead atoms. The summed E-state index contributed by atoms with van der Waals surface area (Å²) in [5, 5.41) is 3.22. The van der Waals surface area contributed by atoms with Crippen LogP contribution in [0.3, 0.4) is 0 Å². The van der Waals surface area contributed by atoms with Crippen LogP contribution in [0.5, 0.6) is 17.2 Å². The first-order valence-electron chi connectivity index (χ1n) is 7.79. The number of esters is 1. The van der Waals surface area contributed by atoms with E-state index in [1.807, 2.05) is 30.3 Å². The minimum Gasteiger partial charge on any atom is -0.493 e. The molecule has 0 radical (unpaired) electrons. The van der Waals surface area contributed by atoms with Gasteiger partial charge in [0.15, 0.2) is 11.5 Å². The Balaban J connectivity index is 2.35. The average molecular weight is 345 g/mol. The Morgan fingerprint density at radius 3 is 2.04 bits per heavy atom. The third kappa shape index (κ3) is 4.42. The van der Waals surface area contributed by atoms with Crippen LogP contribution in [0.1, 0.15) is 17.2 Å². The summed E-state index contributed by atoms with van der Waals surface area (Å²) in [7, 11) is 5.96.